The Morgan fingerprint density at radius 1 is 1.35 bits per heavy atom. The summed E-state index contributed by atoms with van der Waals surface area (Å²) in [6.07, 6.45) is 4.66. The third kappa shape index (κ3) is 5.79. The molecule has 1 aliphatic carbocycles. The molecule has 0 bridgehead atoms. The molecule has 1 saturated carbocycles. The van der Waals surface area contributed by atoms with Gasteiger partial charge in [-0.25, -0.2) is 13.1 Å². The molecule has 0 unspecified atom stereocenters. The fraction of sp³-hybridized carbons (Fsp3) is 0.571. The van der Waals surface area contributed by atoms with Crippen LogP contribution in [0, 0.1) is 5.92 Å². The number of ether oxygens (including phenoxy) is 1. The van der Waals surface area contributed by atoms with Gasteiger partial charge in [0.25, 0.3) is 0 Å². The van der Waals surface area contributed by atoms with Crippen LogP contribution in [-0.2, 0) is 10.0 Å². The van der Waals surface area contributed by atoms with E-state index in [9.17, 15) is 8.42 Å². The molecule has 6 heteroatoms. The minimum absolute atomic E-state index is 0.0365. The lowest BCUT2D eigenvalue weighted by Crippen LogP contribution is -2.29. The van der Waals surface area contributed by atoms with Gasteiger partial charge >= 0.3 is 0 Å². The maximum Gasteiger partial charge on any atom is 0.214 e. The van der Waals surface area contributed by atoms with Gasteiger partial charge in [0.15, 0.2) is 0 Å². The molecule has 0 radical (unpaired) electrons. The van der Waals surface area contributed by atoms with Gasteiger partial charge in [-0.05, 0) is 30.9 Å². The lowest BCUT2D eigenvalue weighted by Gasteiger charge is -2.08. The van der Waals surface area contributed by atoms with Crippen molar-refractivity contribution in [3.8, 4) is 5.75 Å². The van der Waals surface area contributed by atoms with Crippen LogP contribution < -0.4 is 15.2 Å². The van der Waals surface area contributed by atoms with Gasteiger partial charge in [-0.3, -0.25) is 0 Å². The first-order valence-electron chi connectivity index (χ1n) is 7.01. The van der Waals surface area contributed by atoms with Crippen LogP contribution in [0.25, 0.3) is 0 Å². The first-order chi connectivity index (χ1) is 9.55. The second kappa shape index (κ2) is 6.95. The summed E-state index contributed by atoms with van der Waals surface area (Å²) in [4.78, 5) is 0. The van der Waals surface area contributed by atoms with Gasteiger partial charge < -0.3 is 10.5 Å². The molecule has 5 nitrogen and oxygen atoms in total. The number of benzene rings is 1. The van der Waals surface area contributed by atoms with Crippen molar-refractivity contribution in [2.75, 3.05) is 24.6 Å². The number of nitrogens with one attached hydrogen (secondary N) is 1. The summed E-state index contributed by atoms with van der Waals surface area (Å²) in [6, 6.07) is 6.96. The van der Waals surface area contributed by atoms with Crippen LogP contribution in [0.5, 0.6) is 5.75 Å². The lowest BCUT2D eigenvalue weighted by atomic mass is 10.2. The SMILES string of the molecule is Nc1cccc(OCCS(=O)(=O)NCCCC2CC2)c1. The largest absolute Gasteiger partial charge is 0.492 e. The zero-order valence-corrected chi connectivity index (χ0v) is 12.4. The van der Waals surface area contributed by atoms with Crippen LogP contribution in [0.3, 0.4) is 0 Å². The molecule has 1 fully saturated rings. The standard InChI is InChI=1S/C14H22N2O3S/c15-13-4-1-5-14(11-13)19-9-10-20(17,18)16-8-2-3-12-6-7-12/h1,4-5,11-12,16H,2-3,6-10,15H2. The highest BCUT2D eigenvalue weighted by Crippen LogP contribution is 2.33. The maximum atomic E-state index is 11.7. The Labute approximate surface area is 120 Å². The fourth-order valence-electron chi connectivity index (χ4n) is 1.97. The van der Waals surface area contributed by atoms with Gasteiger partial charge in [0.2, 0.25) is 10.0 Å². The van der Waals surface area contributed by atoms with Gasteiger partial charge in [-0.2, -0.15) is 0 Å². The quantitative estimate of drug-likeness (QED) is 0.537. The Bertz CT molecular complexity index is 527. The van der Waals surface area contributed by atoms with Crippen molar-refractivity contribution >= 4 is 15.7 Å². The minimum Gasteiger partial charge on any atom is -0.492 e. The number of anilines is 1. The van der Waals surface area contributed by atoms with Crippen molar-refractivity contribution in [3.63, 3.8) is 0 Å². The van der Waals surface area contributed by atoms with Crippen LogP contribution in [0.4, 0.5) is 5.69 Å². The summed E-state index contributed by atoms with van der Waals surface area (Å²) >= 11 is 0. The fourth-order valence-corrected chi connectivity index (χ4v) is 2.87. The Morgan fingerprint density at radius 3 is 2.85 bits per heavy atom. The van der Waals surface area contributed by atoms with E-state index in [1.165, 1.54) is 12.8 Å². The van der Waals surface area contributed by atoms with Crippen molar-refractivity contribution in [3.05, 3.63) is 24.3 Å². The number of sulfonamides is 1. The summed E-state index contributed by atoms with van der Waals surface area (Å²) in [6.45, 7) is 0.651. The Morgan fingerprint density at radius 2 is 2.15 bits per heavy atom. The lowest BCUT2D eigenvalue weighted by molar-refractivity contribution is 0.340. The van der Waals surface area contributed by atoms with E-state index >= 15 is 0 Å². The van der Waals surface area contributed by atoms with E-state index in [0.29, 0.717) is 18.0 Å². The van der Waals surface area contributed by atoms with Crippen molar-refractivity contribution in [2.24, 2.45) is 5.92 Å². The monoisotopic (exact) mass is 298 g/mol. The third-order valence-corrected chi connectivity index (χ3v) is 4.64. The molecule has 0 aromatic heterocycles. The highest BCUT2D eigenvalue weighted by molar-refractivity contribution is 7.89. The van der Waals surface area contributed by atoms with Crippen LogP contribution in [0.1, 0.15) is 25.7 Å². The molecule has 0 atom stereocenters. The molecule has 0 spiro atoms. The minimum atomic E-state index is -3.25. The van der Waals surface area contributed by atoms with Gasteiger partial charge in [0.1, 0.15) is 12.4 Å². The van der Waals surface area contributed by atoms with E-state index in [0.717, 1.165) is 18.8 Å². The summed E-state index contributed by atoms with van der Waals surface area (Å²) in [5.41, 5.74) is 6.22. The highest BCUT2D eigenvalue weighted by Gasteiger charge is 2.20. The topological polar surface area (TPSA) is 81.4 Å². The summed E-state index contributed by atoms with van der Waals surface area (Å²) < 4.78 is 31.4. The predicted molar refractivity (Wildman–Crippen MR) is 80.1 cm³/mol. The highest BCUT2D eigenvalue weighted by atomic mass is 32.2. The third-order valence-electron chi connectivity index (χ3n) is 3.29. The predicted octanol–water partition coefficient (Wildman–Crippen LogP) is 1.76. The molecule has 1 aromatic carbocycles. The smallest absolute Gasteiger partial charge is 0.214 e. The van der Waals surface area contributed by atoms with E-state index in [-0.39, 0.29) is 12.4 Å². The van der Waals surface area contributed by atoms with Gasteiger partial charge in [-0.1, -0.05) is 18.9 Å². The van der Waals surface area contributed by atoms with Crippen LogP contribution in [0.15, 0.2) is 24.3 Å². The van der Waals surface area contributed by atoms with Crippen molar-refractivity contribution in [1.29, 1.82) is 0 Å². The Balaban J connectivity index is 1.63. The van der Waals surface area contributed by atoms with Crippen molar-refractivity contribution in [2.45, 2.75) is 25.7 Å². The van der Waals surface area contributed by atoms with Gasteiger partial charge in [0.05, 0.1) is 5.75 Å². The second-order valence-corrected chi connectivity index (χ2v) is 7.15. The van der Waals surface area contributed by atoms with Crippen molar-refractivity contribution < 1.29 is 13.2 Å². The summed E-state index contributed by atoms with van der Waals surface area (Å²) in [5.74, 6) is 1.39. The van der Waals surface area contributed by atoms with Crippen LogP contribution >= 0.6 is 0 Å². The van der Waals surface area contributed by atoms with E-state index in [2.05, 4.69) is 4.72 Å². The van der Waals surface area contributed by atoms with Gasteiger partial charge in [-0.15, -0.1) is 0 Å². The van der Waals surface area contributed by atoms with E-state index < -0.39 is 10.0 Å². The second-order valence-electron chi connectivity index (χ2n) is 5.22. The van der Waals surface area contributed by atoms with E-state index in [4.69, 9.17) is 10.5 Å². The normalized spacial score (nSPS) is 15.2. The number of rotatable bonds is 9. The zero-order chi connectivity index (χ0) is 14.4. The van der Waals surface area contributed by atoms with Crippen molar-refractivity contribution in [1.82, 2.24) is 4.72 Å². The molecule has 112 valence electrons. The van der Waals surface area contributed by atoms with Crippen LogP contribution in [0.2, 0.25) is 0 Å². The number of nitrogens with two attached hydrogens (primary N) is 1. The first kappa shape index (κ1) is 15.1. The maximum absolute atomic E-state index is 11.7. The molecular weight excluding hydrogens is 276 g/mol. The average Bonchev–Trinajstić information content (AvgIpc) is 3.19. The molecule has 20 heavy (non-hydrogen) atoms. The molecule has 3 N–H and O–H groups in total. The molecule has 1 aromatic rings. The Hall–Kier alpha value is -1.27. The molecule has 0 heterocycles. The molecule has 0 amide bonds. The zero-order valence-electron chi connectivity index (χ0n) is 11.5. The molecule has 1 aliphatic rings. The van der Waals surface area contributed by atoms with E-state index in [1.54, 1.807) is 24.3 Å². The number of hydrogen-bond donors (Lipinski definition) is 2. The van der Waals surface area contributed by atoms with Crippen LogP contribution in [-0.4, -0.2) is 27.3 Å². The molecule has 0 saturated heterocycles. The molecule has 0 aliphatic heterocycles. The molecule has 2 rings (SSSR count). The summed E-state index contributed by atoms with van der Waals surface area (Å²) in [5, 5.41) is 0. The van der Waals surface area contributed by atoms with Gasteiger partial charge in [0, 0.05) is 18.3 Å². The number of nitrogen functional groups attached to an aromatic ring is 1. The summed E-state index contributed by atoms with van der Waals surface area (Å²) in [7, 11) is -3.25. The number of hydrogen-bond acceptors (Lipinski definition) is 4. The molecular formula is C14H22N2O3S. The first-order valence-corrected chi connectivity index (χ1v) is 8.66. The Kier molecular flexibility index (Phi) is 5.25. The average molecular weight is 298 g/mol. The van der Waals surface area contributed by atoms with E-state index in [1.807, 2.05) is 0 Å².